The molecule has 0 amide bonds. The Bertz CT molecular complexity index is 1880. The Labute approximate surface area is 233 Å². The van der Waals surface area contributed by atoms with Crippen LogP contribution < -0.4 is 4.90 Å². The highest BCUT2D eigenvalue weighted by Crippen LogP contribution is 2.35. The molecule has 202 valence electrons. The number of piperazine rings is 1. The van der Waals surface area contributed by atoms with Gasteiger partial charge in [-0.05, 0) is 54.8 Å². The van der Waals surface area contributed by atoms with Crippen molar-refractivity contribution < 1.29 is 8.42 Å². The fourth-order valence-electron chi connectivity index (χ4n) is 5.36. The minimum absolute atomic E-state index is 0.487. The molecule has 2 aromatic heterocycles. The number of hydrogen-bond donors (Lipinski definition) is 1. The molecule has 3 heterocycles. The van der Waals surface area contributed by atoms with Crippen molar-refractivity contribution in [2.24, 2.45) is 0 Å². The van der Waals surface area contributed by atoms with Crippen LogP contribution >= 0.6 is 0 Å². The van der Waals surface area contributed by atoms with Crippen molar-refractivity contribution in [2.75, 3.05) is 37.3 Å². The van der Waals surface area contributed by atoms with Gasteiger partial charge in [-0.1, -0.05) is 42.5 Å². The number of fused-ring (bicyclic) bond motifs is 3. The average molecular weight is 551 g/mol. The van der Waals surface area contributed by atoms with E-state index >= 15 is 0 Å². The van der Waals surface area contributed by atoms with Crippen LogP contribution in [0.2, 0.25) is 0 Å². The quantitative estimate of drug-likeness (QED) is 0.317. The Morgan fingerprint density at radius 1 is 0.925 bits per heavy atom. The minimum Gasteiger partial charge on any atom is -0.369 e. The molecule has 1 N–H and O–H groups in total. The Morgan fingerprint density at radius 3 is 2.33 bits per heavy atom. The van der Waals surface area contributed by atoms with Crippen LogP contribution in [0.4, 0.5) is 5.69 Å². The van der Waals surface area contributed by atoms with E-state index in [9.17, 15) is 13.7 Å². The maximum Gasteiger partial charge on any atom is 0.211 e. The molecule has 0 radical (unpaired) electrons. The maximum atomic E-state index is 11.9. The summed E-state index contributed by atoms with van der Waals surface area (Å²) in [5.74, 6) is 0. The van der Waals surface area contributed by atoms with Gasteiger partial charge in [-0.25, -0.2) is 8.42 Å². The van der Waals surface area contributed by atoms with Crippen LogP contribution in [0.25, 0.3) is 44.2 Å². The normalized spacial score (nSPS) is 15.0. The molecule has 0 saturated carbocycles. The van der Waals surface area contributed by atoms with Gasteiger partial charge in [0.05, 0.1) is 35.0 Å². The molecule has 0 unspecified atom stereocenters. The molecule has 9 heteroatoms. The molecule has 0 aliphatic carbocycles. The lowest BCUT2D eigenvalue weighted by Crippen LogP contribution is -2.48. The van der Waals surface area contributed by atoms with Gasteiger partial charge in [-0.3, -0.25) is 10.1 Å². The van der Waals surface area contributed by atoms with E-state index in [1.54, 1.807) is 0 Å². The van der Waals surface area contributed by atoms with E-state index in [2.05, 4.69) is 56.5 Å². The average Bonchev–Trinajstić information content (AvgIpc) is 3.41. The van der Waals surface area contributed by atoms with E-state index in [4.69, 9.17) is 0 Å². The standard InChI is InChI=1S/C31H30N6O2S/c1-31(2,20-32)24-10-7-21(8-11-24)30-29-26-18-23(9-12-27(26)33-19-28(29)34-35-30)22-5-4-6-25(17-22)36-13-15-37(16-14-36)40(3,38)39/h4-12,17-19H,13-16H2,1-3H3,(H,34,35). The summed E-state index contributed by atoms with van der Waals surface area (Å²) >= 11 is 0. The van der Waals surface area contributed by atoms with Crippen molar-refractivity contribution >= 4 is 37.5 Å². The number of nitrogens with one attached hydrogen (secondary N) is 1. The lowest BCUT2D eigenvalue weighted by atomic mass is 9.86. The fraction of sp³-hybridized carbons (Fsp3) is 0.258. The largest absolute Gasteiger partial charge is 0.369 e. The van der Waals surface area contributed by atoms with E-state index in [0.29, 0.717) is 26.2 Å². The molecule has 1 aliphatic rings. The summed E-state index contributed by atoms with van der Waals surface area (Å²) in [6.45, 7) is 6.11. The van der Waals surface area contributed by atoms with E-state index < -0.39 is 15.4 Å². The number of rotatable bonds is 5. The molecule has 1 fully saturated rings. The van der Waals surface area contributed by atoms with Gasteiger partial charge >= 0.3 is 0 Å². The third-order valence-corrected chi connectivity index (χ3v) is 9.11. The Morgan fingerprint density at radius 2 is 1.62 bits per heavy atom. The van der Waals surface area contributed by atoms with Crippen molar-refractivity contribution in [1.29, 1.82) is 5.26 Å². The molecule has 6 rings (SSSR count). The number of benzene rings is 3. The van der Waals surface area contributed by atoms with Crippen molar-refractivity contribution in [3.8, 4) is 28.5 Å². The highest BCUT2D eigenvalue weighted by Gasteiger charge is 2.24. The van der Waals surface area contributed by atoms with Gasteiger partial charge in [0.2, 0.25) is 10.0 Å². The number of aromatic amines is 1. The van der Waals surface area contributed by atoms with E-state index in [0.717, 1.165) is 55.4 Å². The van der Waals surface area contributed by atoms with Crippen LogP contribution in [-0.2, 0) is 15.4 Å². The van der Waals surface area contributed by atoms with Gasteiger partial charge in [0.25, 0.3) is 0 Å². The zero-order chi connectivity index (χ0) is 28.1. The minimum atomic E-state index is -3.17. The van der Waals surface area contributed by atoms with Gasteiger partial charge in [0.15, 0.2) is 0 Å². The van der Waals surface area contributed by atoms with Crippen LogP contribution in [-0.4, -0.2) is 60.3 Å². The number of nitrogens with zero attached hydrogens (tertiary/aromatic N) is 5. The van der Waals surface area contributed by atoms with Crippen LogP contribution in [0.3, 0.4) is 0 Å². The number of H-pyrrole nitrogens is 1. The Balaban J connectivity index is 1.37. The van der Waals surface area contributed by atoms with Crippen molar-refractivity contribution in [3.05, 3.63) is 78.5 Å². The molecule has 40 heavy (non-hydrogen) atoms. The van der Waals surface area contributed by atoms with E-state index in [-0.39, 0.29) is 0 Å². The first kappa shape index (κ1) is 26.0. The first-order chi connectivity index (χ1) is 19.1. The first-order valence-corrected chi connectivity index (χ1v) is 15.1. The van der Waals surface area contributed by atoms with Crippen LogP contribution in [0.15, 0.2) is 72.9 Å². The summed E-state index contributed by atoms with van der Waals surface area (Å²) in [6, 6.07) is 25.1. The van der Waals surface area contributed by atoms with Crippen LogP contribution in [0, 0.1) is 11.3 Å². The second kappa shape index (κ2) is 9.73. The van der Waals surface area contributed by atoms with Crippen molar-refractivity contribution in [2.45, 2.75) is 19.3 Å². The predicted molar refractivity (Wildman–Crippen MR) is 160 cm³/mol. The summed E-state index contributed by atoms with van der Waals surface area (Å²) < 4.78 is 25.4. The second-order valence-corrected chi connectivity index (χ2v) is 12.8. The fourth-order valence-corrected chi connectivity index (χ4v) is 6.19. The number of pyridine rings is 1. The topological polar surface area (TPSA) is 106 Å². The second-order valence-electron chi connectivity index (χ2n) is 10.9. The summed E-state index contributed by atoms with van der Waals surface area (Å²) in [5.41, 5.74) is 7.18. The summed E-state index contributed by atoms with van der Waals surface area (Å²) in [7, 11) is -3.17. The molecular formula is C31H30N6O2S. The van der Waals surface area contributed by atoms with Crippen molar-refractivity contribution in [1.82, 2.24) is 19.5 Å². The molecule has 0 atom stereocenters. The Hall–Kier alpha value is -4.26. The highest BCUT2D eigenvalue weighted by molar-refractivity contribution is 7.88. The van der Waals surface area contributed by atoms with E-state index in [1.165, 1.54) is 10.6 Å². The third kappa shape index (κ3) is 4.70. The zero-order valence-electron chi connectivity index (χ0n) is 22.7. The lowest BCUT2D eigenvalue weighted by Gasteiger charge is -2.34. The molecule has 8 nitrogen and oxygen atoms in total. The summed E-state index contributed by atoms with van der Waals surface area (Å²) in [5, 5.41) is 19.3. The third-order valence-electron chi connectivity index (χ3n) is 7.80. The number of sulfonamides is 1. The smallest absolute Gasteiger partial charge is 0.211 e. The molecule has 1 aliphatic heterocycles. The summed E-state index contributed by atoms with van der Waals surface area (Å²) in [6.07, 6.45) is 3.09. The van der Waals surface area contributed by atoms with Gasteiger partial charge in [-0.2, -0.15) is 14.7 Å². The SMILES string of the molecule is CC(C)(C#N)c1ccc(-c2n[nH]c3cnc4ccc(-c5cccc(N6CCN(S(C)(=O)=O)CC6)c5)cc4c23)cc1. The molecule has 1 saturated heterocycles. The Kier molecular flexibility index (Phi) is 6.32. The zero-order valence-corrected chi connectivity index (χ0v) is 23.5. The predicted octanol–water partition coefficient (Wildman–Crippen LogP) is 5.33. The van der Waals surface area contributed by atoms with Crippen LogP contribution in [0.1, 0.15) is 19.4 Å². The maximum absolute atomic E-state index is 11.9. The molecular weight excluding hydrogens is 520 g/mol. The molecule has 3 aromatic carbocycles. The van der Waals surface area contributed by atoms with E-state index in [1.807, 2.05) is 56.4 Å². The number of anilines is 1. The number of aromatic nitrogens is 3. The van der Waals surface area contributed by atoms with Gasteiger partial charge < -0.3 is 4.90 Å². The molecule has 0 spiro atoms. The van der Waals surface area contributed by atoms with Crippen LogP contribution in [0.5, 0.6) is 0 Å². The number of nitriles is 1. The monoisotopic (exact) mass is 550 g/mol. The highest BCUT2D eigenvalue weighted by atomic mass is 32.2. The molecule has 5 aromatic rings. The van der Waals surface area contributed by atoms with Crippen molar-refractivity contribution in [3.63, 3.8) is 0 Å². The lowest BCUT2D eigenvalue weighted by molar-refractivity contribution is 0.388. The first-order valence-electron chi connectivity index (χ1n) is 13.2. The molecule has 0 bridgehead atoms. The van der Waals surface area contributed by atoms with Gasteiger partial charge in [-0.15, -0.1) is 0 Å². The van der Waals surface area contributed by atoms with Gasteiger partial charge in [0.1, 0.15) is 5.69 Å². The summed E-state index contributed by atoms with van der Waals surface area (Å²) in [4.78, 5) is 6.89. The number of hydrogen-bond acceptors (Lipinski definition) is 6. The van der Waals surface area contributed by atoms with Gasteiger partial charge in [0, 0.05) is 48.2 Å².